The van der Waals surface area contributed by atoms with E-state index in [1.165, 1.54) is 52.8 Å². The third-order valence-corrected chi connectivity index (χ3v) is 10.2. The van der Waals surface area contributed by atoms with Crippen molar-refractivity contribution in [3.63, 3.8) is 0 Å². The number of nitrogens with zero attached hydrogens (tertiary/aromatic N) is 4. The second-order valence-corrected chi connectivity index (χ2v) is 12.5. The first-order valence-corrected chi connectivity index (χ1v) is 15.9. The molecule has 0 aliphatic carbocycles. The van der Waals surface area contributed by atoms with E-state index in [2.05, 4.69) is 143 Å². The van der Waals surface area contributed by atoms with Gasteiger partial charge in [0, 0.05) is 59.2 Å². The van der Waals surface area contributed by atoms with Crippen molar-refractivity contribution < 1.29 is 0 Å². The zero-order valence-electron chi connectivity index (χ0n) is 24.1. The molecule has 6 aromatic carbocycles. The molecule has 0 bridgehead atoms. The van der Waals surface area contributed by atoms with Crippen molar-refractivity contribution in [2.45, 2.75) is 0 Å². The van der Waals surface area contributed by atoms with Gasteiger partial charge in [0.2, 0.25) is 5.95 Å². The number of aromatic nitrogens is 4. The van der Waals surface area contributed by atoms with E-state index in [0.29, 0.717) is 5.95 Å². The van der Waals surface area contributed by atoms with Crippen LogP contribution in [0.5, 0.6) is 0 Å². The fraction of sp³-hybridized carbons (Fsp3) is 0. The van der Waals surface area contributed by atoms with Gasteiger partial charge in [-0.05, 0) is 48.5 Å². The Balaban J connectivity index is 1.18. The molecule has 5 heteroatoms. The van der Waals surface area contributed by atoms with E-state index in [4.69, 9.17) is 9.97 Å². The van der Waals surface area contributed by atoms with Gasteiger partial charge in [-0.3, -0.25) is 4.57 Å². The van der Waals surface area contributed by atoms with Crippen LogP contribution in [0.25, 0.3) is 86.7 Å². The largest absolute Gasteiger partial charge is 0.309 e. The molecule has 0 aliphatic rings. The summed E-state index contributed by atoms with van der Waals surface area (Å²) >= 11 is 1.86. The van der Waals surface area contributed by atoms with Crippen molar-refractivity contribution in [3.05, 3.63) is 146 Å². The zero-order valence-corrected chi connectivity index (χ0v) is 24.9. The predicted molar refractivity (Wildman–Crippen MR) is 189 cm³/mol. The molecule has 0 atom stereocenters. The lowest BCUT2D eigenvalue weighted by atomic mass is 10.1. The lowest BCUT2D eigenvalue weighted by Crippen LogP contribution is -2.02. The molecule has 0 fully saturated rings. The molecule has 4 aromatic heterocycles. The Labute approximate surface area is 262 Å². The summed E-state index contributed by atoms with van der Waals surface area (Å²) in [4.78, 5) is 10.0. The van der Waals surface area contributed by atoms with E-state index >= 15 is 0 Å². The van der Waals surface area contributed by atoms with Gasteiger partial charge in [-0.25, -0.2) is 9.97 Å². The van der Waals surface area contributed by atoms with Crippen molar-refractivity contribution in [1.82, 2.24) is 19.1 Å². The van der Waals surface area contributed by atoms with Crippen LogP contribution >= 0.6 is 11.3 Å². The van der Waals surface area contributed by atoms with Crippen molar-refractivity contribution >= 4 is 75.1 Å². The number of hydrogen-bond donors (Lipinski definition) is 0. The fourth-order valence-corrected chi connectivity index (χ4v) is 8.33. The Bertz CT molecular complexity index is 2730. The summed E-state index contributed by atoms with van der Waals surface area (Å²) in [6, 6.07) is 49.7. The Morgan fingerprint density at radius 1 is 0.489 bits per heavy atom. The molecule has 0 saturated heterocycles. The van der Waals surface area contributed by atoms with Gasteiger partial charge in [-0.2, -0.15) is 0 Å². The van der Waals surface area contributed by atoms with E-state index in [0.717, 1.165) is 28.0 Å². The van der Waals surface area contributed by atoms with E-state index in [1.807, 2.05) is 23.6 Å². The molecule has 210 valence electrons. The smallest absolute Gasteiger partial charge is 0.235 e. The number of fused-ring (bicyclic) bond motifs is 10. The lowest BCUT2D eigenvalue weighted by molar-refractivity contribution is 0.992. The first-order chi connectivity index (χ1) is 22.3. The molecule has 10 aromatic rings. The van der Waals surface area contributed by atoms with Crippen LogP contribution in [0.2, 0.25) is 0 Å². The Morgan fingerprint density at radius 2 is 1.16 bits per heavy atom. The van der Waals surface area contributed by atoms with Gasteiger partial charge in [-0.15, -0.1) is 11.3 Å². The number of benzene rings is 6. The minimum Gasteiger partial charge on any atom is -0.309 e. The minimum atomic E-state index is 0.668. The molecule has 4 nitrogen and oxygen atoms in total. The maximum Gasteiger partial charge on any atom is 0.235 e. The van der Waals surface area contributed by atoms with Gasteiger partial charge in [0.05, 0.1) is 27.8 Å². The van der Waals surface area contributed by atoms with E-state index in [9.17, 15) is 0 Å². The quantitative estimate of drug-likeness (QED) is 0.205. The van der Waals surface area contributed by atoms with E-state index in [-0.39, 0.29) is 0 Å². The number of para-hydroxylation sites is 3. The second-order valence-electron chi connectivity index (χ2n) is 11.4. The van der Waals surface area contributed by atoms with Crippen LogP contribution in [-0.2, 0) is 0 Å². The highest BCUT2D eigenvalue weighted by atomic mass is 32.1. The number of rotatable bonds is 3. The molecule has 0 saturated carbocycles. The van der Waals surface area contributed by atoms with Gasteiger partial charge in [0.25, 0.3) is 0 Å². The maximum absolute atomic E-state index is 5.20. The Kier molecular flexibility index (Phi) is 5.12. The summed E-state index contributed by atoms with van der Waals surface area (Å²) in [7, 11) is 0. The lowest BCUT2D eigenvalue weighted by Gasteiger charge is -2.11. The van der Waals surface area contributed by atoms with E-state index in [1.54, 1.807) is 0 Å². The zero-order chi connectivity index (χ0) is 29.5. The average Bonchev–Trinajstić information content (AvgIpc) is 3.76. The summed E-state index contributed by atoms with van der Waals surface area (Å²) in [5, 5.41) is 7.57. The van der Waals surface area contributed by atoms with Crippen LogP contribution in [0.1, 0.15) is 0 Å². The first-order valence-electron chi connectivity index (χ1n) is 15.1. The standard InChI is InChI=1S/C40H24N4S/c1-5-16-33-27(12-1)28-13-2-6-17-34(28)43(33)26-11-9-10-25(24-26)32-22-23-41-40(42-32)44-35-18-7-3-15-31(35)38-36(44)21-20-30-29-14-4-8-19-37(29)45-39(30)38/h1-24H. The van der Waals surface area contributed by atoms with Crippen molar-refractivity contribution in [2.75, 3.05) is 0 Å². The van der Waals surface area contributed by atoms with Crippen LogP contribution < -0.4 is 0 Å². The van der Waals surface area contributed by atoms with E-state index < -0.39 is 0 Å². The van der Waals surface area contributed by atoms with Crippen molar-refractivity contribution in [3.8, 4) is 22.9 Å². The molecule has 0 unspecified atom stereocenters. The molecule has 0 aliphatic heterocycles. The van der Waals surface area contributed by atoms with Crippen molar-refractivity contribution in [2.24, 2.45) is 0 Å². The highest BCUT2D eigenvalue weighted by molar-refractivity contribution is 7.26. The van der Waals surface area contributed by atoms with Crippen LogP contribution in [0.15, 0.2) is 146 Å². The summed E-state index contributed by atoms with van der Waals surface area (Å²) < 4.78 is 7.17. The first kappa shape index (κ1) is 24.6. The minimum absolute atomic E-state index is 0.668. The van der Waals surface area contributed by atoms with Crippen LogP contribution in [-0.4, -0.2) is 19.1 Å². The molecule has 0 radical (unpaired) electrons. The molecule has 10 rings (SSSR count). The fourth-order valence-electron chi connectivity index (χ4n) is 7.07. The second kappa shape index (κ2) is 9.36. The van der Waals surface area contributed by atoms with Gasteiger partial charge >= 0.3 is 0 Å². The summed E-state index contributed by atoms with van der Waals surface area (Å²) in [6.45, 7) is 0. The summed E-state index contributed by atoms with van der Waals surface area (Å²) in [5.41, 5.74) is 7.64. The maximum atomic E-state index is 5.20. The van der Waals surface area contributed by atoms with Gasteiger partial charge in [0.1, 0.15) is 0 Å². The van der Waals surface area contributed by atoms with Gasteiger partial charge < -0.3 is 4.57 Å². The summed E-state index contributed by atoms with van der Waals surface area (Å²) in [5.74, 6) is 0.668. The highest BCUT2D eigenvalue weighted by Gasteiger charge is 2.19. The number of hydrogen-bond acceptors (Lipinski definition) is 3. The molecule has 0 amide bonds. The molecule has 0 N–H and O–H groups in total. The van der Waals surface area contributed by atoms with Crippen LogP contribution in [0, 0.1) is 0 Å². The third kappa shape index (κ3) is 3.53. The molecular weight excluding hydrogens is 569 g/mol. The van der Waals surface area contributed by atoms with Crippen molar-refractivity contribution in [1.29, 1.82) is 0 Å². The summed E-state index contributed by atoms with van der Waals surface area (Å²) in [6.07, 6.45) is 1.88. The molecular formula is C40H24N4S. The normalized spacial score (nSPS) is 12.0. The van der Waals surface area contributed by atoms with Crippen LogP contribution in [0.3, 0.4) is 0 Å². The topological polar surface area (TPSA) is 35.6 Å². The Morgan fingerprint density at radius 3 is 1.93 bits per heavy atom. The third-order valence-electron chi connectivity index (χ3n) is 9.00. The number of thiophene rings is 1. The van der Waals surface area contributed by atoms with Gasteiger partial charge in [0.15, 0.2) is 0 Å². The SMILES string of the molecule is c1cc(-c2ccnc(-n3c4ccccc4c4c5sc6ccccc6c5ccc43)n2)cc(-n2c3ccccc3c3ccccc32)c1. The molecule has 4 heterocycles. The molecule has 45 heavy (non-hydrogen) atoms. The predicted octanol–water partition coefficient (Wildman–Crippen LogP) is 10.7. The Hall–Kier alpha value is -5.78. The highest BCUT2D eigenvalue weighted by Crippen LogP contribution is 2.43. The molecule has 0 spiro atoms. The van der Waals surface area contributed by atoms with Crippen LogP contribution in [0.4, 0.5) is 0 Å². The average molecular weight is 593 g/mol. The monoisotopic (exact) mass is 592 g/mol. The van der Waals surface area contributed by atoms with Gasteiger partial charge in [-0.1, -0.05) is 91.0 Å².